The second kappa shape index (κ2) is 6.42. The highest BCUT2D eigenvalue weighted by molar-refractivity contribution is 6.31. The zero-order chi connectivity index (χ0) is 12.3. The molecule has 17 heavy (non-hydrogen) atoms. The molecule has 0 aliphatic carbocycles. The van der Waals surface area contributed by atoms with Gasteiger partial charge in [0.05, 0.1) is 0 Å². The number of nitrogens with two attached hydrogens (primary N) is 1. The standard InChI is InChI=1S/C10H10ClF4N.ClH/c11-8-2-1-6(12)5-7(8)9(16)3-4-10(13,14)15;/h1-2,5,9H,3-4,16H2;1H/t9-;/m1./s1. The third-order valence-electron chi connectivity index (χ3n) is 2.10. The number of rotatable bonds is 3. The van der Waals surface area contributed by atoms with Gasteiger partial charge in [-0.3, -0.25) is 0 Å². The lowest BCUT2D eigenvalue weighted by molar-refractivity contribution is -0.136. The average Bonchev–Trinajstić information content (AvgIpc) is 2.17. The van der Waals surface area contributed by atoms with Crippen molar-refractivity contribution < 1.29 is 17.6 Å². The number of benzene rings is 1. The fourth-order valence-corrected chi connectivity index (χ4v) is 1.53. The summed E-state index contributed by atoms with van der Waals surface area (Å²) in [6, 6.07) is 2.55. The Balaban J connectivity index is 0.00000256. The normalized spacial score (nSPS) is 13.1. The summed E-state index contributed by atoms with van der Waals surface area (Å²) in [6.07, 6.45) is -5.59. The molecule has 0 heterocycles. The van der Waals surface area contributed by atoms with E-state index in [9.17, 15) is 17.6 Å². The maximum Gasteiger partial charge on any atom is 0.389 e. The van der Waals surface area contributed by atoms with Crippen LogP contribution in [0, 0.1) is 5.82 Å². The van der Waals surface area contributed by atoms with Gasteiger partial charge in [-0.15, -0.1) is 12.4 Å². The van der Waals surface area contributed by atoms with Gasteiger partial charge in [-0.2, -0.15) is 13.2 Å². The topological polar surface area (TPSA) is 26.0 Å². The van der Waals surface area contributed by atoms with Crippen molar-refractivity contribution in [1.29, 1.82) is 0 Å². The summed E-state index contributed by atoms with van der Waals surface area (Å²) in [5.41, 5.74) is 5.72. The predicted molar refractivity (Wildman–Crippen MR) is 60.9 cm³/mol. The molecule has 0 unspecified atom stereocenters. The van der Waals surface area contributed by atoms with Gasteiger partial charge in [0.2, 0.25) is 0 Å². The second-order valence-electron chi connectivity index (χ2n) is 3.43. The highest BCUT2D eigenvalue weighted by atomic mass is 35.5. The largest absolute Gasteiger partial charge is 0.389 e. The molecular formula is C10H11Cl2F4N. The van der Waals surface area contributed by atoms with E-state index in [1.165, 1.54) is 6.07 Å². The van der Waals surface area contributed by atoms with Gasteiger partial charge in [-0.05, 0) is 30.2 Å². The lowest BCUT2D eigenvalue weighted by Crippen LogP contribution is -2.16. The van der Waals surface area contributed by atoms with E-state index < -0.39 is 24.5 Å². The van der Waals surface area contributed by atoms with E-state index in [-0.39, 0.29) is 29.4 Å². The number of hydrogen-bond acceptors (Lipinski definition) is 1. The molecule has 2 N–H and O–H groups in total. The maximum atomic E-state index is 12.8. The van der Waals surface area contributed by atoms with Crippen LogP contribution in [0.4, 0.5) is 17.6 Å². The number of hydrogen-bond donors (Lipinski definition) is 1. The molecule has 0 amide bonds. The van der Waals surface area contributed by atoms with Crippen LogP contribution in [0.1, 0.15) is 24.4 Å². The number of halogens is 6. The summed E-state index contributed by atoms with van der Waals surface area (Å²) in [7, 11) is 0. The van der Waals surface area contributed by atoms with Crippen LogP contribution >= 0.6 is 24.0 Å². The van der Waals surface area contributed by atoms with Crippen molar-refractivity contribution in [2.45, 2.75) is 25.1 Å². The molecule has 0 aliphatic heterocycles. The van der Waals surface area contributed by atoms with Crippen molar-refractivity contribution in [2.75, 3.05) is 0 Å². The van der Waals surface area contributed by atoms with Crippen molar-refractivity contribution in [3.63, 3.8) is 0 Å². The molecule has 1 aromatic rings. The van der Waals surface area contributed by atoms with Crippen LogP contribution in [0.15, 0.2) is 18.2 Å². The molecule has 1 rings (SSSR count). The van der Waals surface area contributed by atoms with Gasteiger partial charge in [0, 0.05) is 17.5 Å². The molecule has 0 bridgehead atoms. The third-order valence-corrected chi connectivity index (χ3v) is 2.44. The summed E-state index contributed by atoms with van der Waals surface area (Å²) in [5, 5.41) is 0.177. The van der Waals surface area contributed by atoms with Crippen molar-refractivity contribution in [2.24, 2.45) is 5.73 Å². The molecule has 98 valence electrons. The minimum Gasteiger partial charge on any atom is -0.324 e. The Bertz CT molecular complexity index is 368. The summed E-state index contributed by atoms with van der Waals surface area (Å²) < 4.78 is 48.7. The van der Waals surface area contributed by atoms with E-state index in [0.29, 0.717) is 0 Å². The Morgan fingerprint density at radius 2 is 1.88 bits per heavy atom. The first-order valence-corrected chi connectivity index (χ1v) is 4.94. The van der Waals surface area contributed by atoms with Crippen LogP contribution in [-0.4, -0.2) is 6.18 Å². The molecule has 1 atom stereocenters. The first-order valence-electron chi connectivity index (χ1n) is 4.57. The molecule has 1 aromatic carbocycles. The van der Waals surface area contributed by atoms with Crippen molar-refractivity contribution >= 4 is 24.0 Å². The maximum absolute atomic E-state index is 12.8. The van der Waals surface area contributed by atoms with Gasteiger partial charge in [-0.1, -0.05) is 11.6 Å². The van der Waals surface area contributed by atoms with E-state index in [4.69, 9.17) is 17.3 Å². The minimum atomic E-state index is -4.27. The van der Waals surface area contributed by atoms with Crippen molar-refractivity contribution in [1.82, 2.24) is 0 Å². The molecule has 0 radical (unpaired) electrons. The molecule has 0 fully saturated rings. The van der Waals surface area contributed by atoms with Gasteiger partial charge < -0.3 is 5.73 Å². The Morgan fingerprint density at radius 3 is 2.41 bits per heavy atom. The molecule has 7 heteroatoms. The summed E-state index contributed by atoms with van der Waals surface area (Å²) in [4.78, 5) is 0. The van der Waals surface area contributed by atoms with Crippen LogP contribution in [0.3, 0.4) is 0 Å². The van der Waals surface area contributed by atoms with Gasteiger partial charge in [0.15, 0.2) is 0 Å². The smallest absolute Gasteiger partial charge is 0.324 e. The Labute approximate surface area is 107 Å². The van der Waals surface area contributed by atoms with Crippen LogP contribution < -0.4 is 5.73 Å². The Hall–Kier alpha value is -0.520. The molecule has 0 saturated heterocycles. The molecular weight excluding hydrogens is 281 g/mol. The first kappa shape index (κ1) is 16.5. The van der Waals surface area contributed by atoms with Crippen LogP contribution in [0.25, 0.3) is 0 Å². The highest BCUT2D eigenvalue weighted by Gasteiger charge is 2.28. The fraction of sp³-hybridized carbons (Fsp3) is 0.400. The van der Waals surface area contributed by atoms with Crippen LogP contribution in [-0.2, 0) is 0 Å². The van der Waals surface area contributed by atoms with E-state index in [1.54, 1.807) is 0 Å². The van der Waals surface area contributed by atoms with Crippen LogP contribution in [0.5, 0.6) is 0 Å². The van der Waals surface area contributed by atoms with E-state index in [2.05, 4.69) is 0 Å². The van der Waals surface area contributed by atoms with Crippen LogP contribution in [0.2, 0.25) is 5.02 Å². The SMILES string of the molecule is Cl.N[C@H](CCC(F)(F)F)c1cc(F)ccc1Cl. The van der Waals surface area contributed by atoms with Gasteiger partial charge in [0.1, 0.15) is 5.82 Å². The van der Waals surface area contributed by atoms with Crippen molar-refractivity contribution in [3.8, 4) is 0 Å². The van der Waals surface area contributed by atoms with E-state index in [1.807, 2.05) is 0 Å². The van der Waals surface area contributed by atoms with Gasteiger partial charge in [0.25, 0.3) is 0 Å². The van der Waals surface area contributed by atoms with Gasteiger partial charge in [-0.25, -0.2) is 4.39 Å². The predicted octanol–water partition coefficient (Wildman–Crippen LogP) is 4.24. The Kier molecular flexibility index (Phi) is 6.23. The van der Waals surface area contributed by atoms with E-state index in [0.717, 1.165) is 12.1 Å². The van der Waals surface area contributed by atoms with Gasteiger partial charge >= 0.3 is 6.18 Å². The molecule has 1 nitrogen and oxygen atoms in total. The Morgan fingerprint density at radius 1 is 1.29 bits per heavy atom. The quantitative estimate of drug-likeness (QED) is 0.828. The molecule has 0 aliphatic rings. The lowest BCUT2D eigenvalue weighted by atomic mass is 10.0. The molecule has 0 aromatic heterocycles. The summed E-state index contributed by atoms with van der Waals surface area (Å²) >= 11 is 5.71. The second-order valence-corrected chi connectivity index (χ2v) is 3.83. The van der Waals surface area contributed by atoms with Crippen molar-refractivity contribution in [3.05, 3.63) is 34.6 Å². The monoisotopic (exact) mass is 291 g/mol. The average molecular weight is 292 g/mol. The minimum absolute atomic E-state index is 0. The summed E-state index contributed by atoms with van der Waals surface area (Å²) in [5.74, 6) is -0.568. The third kappa shape index (κ3) is 5.57. The summed E-state index contributed by atoms with van der Waals surface area (Å²) in [6.45, 7) is 0. The highest BCUT2D eigenvalue weighted by Crippen LogP contribution is 2.29. The molecule has 0 spiro atoms. The first-order chi connectivity index (χ1) is 7.29. The van der Waals surface area contributed by atoms with E-state index >= 15 is 0 Å². The number of alkyl halides is 3. The zero-order valence-corrected chi connectivity index (χ0v) is 10.2. The lowest BCUT2D eigenvalue weighted by Gasteiger charge is -2.14. The zero-order valence-electron chi connectivity index (χ0n) is 8.60. The fourth-order valence-electron chi connectivity index (χ4n) is 1.27. The molecule has 0 saturated carbocycles.